The number of aryl methyl sites for hydroxylation is 1. The zero-order valence-corrected chi connectivity index (χ0v) is 17.4. The van der Waals surface area contributed by atoms with E-state index < -0.39 is 11.9 Å². The maximum absolute atomic E-state index is 13.0. The lowest BCUT2D eigenvalue weighted by atomic mass is 10.1. The van der Waals surface area contributed by atoms with Crippen molar-refractivity contribution in [3.63, 3.8) is 0 Å². The van der Waals surface area contributed by atoms with Gasteiger partial charge in [0.25, 0.3) is 0 Å². The number of rotatable bonds is 4. The highest BCUT2D eigenvalue weighted by Crippen LogP contribution is 2.30. The summed E-state index contributed by atoms with van der Waals surface area (Å²) in [6, 6.07) is 2.38. The lowest BCUT2D eigenvalue weighted by Crippen LogP contribution is -2.32. The Balaban J connectivity index is 1.46. The number of carbonyl (C=O) groups excluding carboxylic acids is 1. The van der Waals surface area contributed by atoms with E-state index in [9.17, 15) is 18.0 Å². The number of carbonyl (C=O) groups is 1. The summed E-state index contributed by atoms with van der Waals surface area (Å²) in [5, 5.41) is 6.98. The topological polar surface area (TPSA) is 98.0 Å². The summed E-state index contributed by atoms with van der Waals surface area (Å²) in [7, 11) is 0. The van der Waals surface area contributed by atoms with E-state index in [0.29, 0.717) is 29.2 Å². The monoisotopic (exact) mass is 453 g/mol. The van der Waals surface area contributed by atoms with Gasteiger partial charge in [0.15, 0.2) is 0 Å². The molecule has 11 heteroatoms. The first-order valence-electron chi connectivity index (χ1n) is 9.87. The van der Waals surface area contributed by atoms with Gasteiger partial charge >= 0.3 is 6.18 Å². The van der Waals surface area contributed by atoms with Gasteiger partial charge in [-0.3, -0.25) is 24.4 Å². The molecule has 0 spiro atoms. The fourth-order valence-corrected chi connectivity index (χ4v) is 3.20. The fraction of sp³-hybridized carbons (Fsp3) is 0.182. The number of alkyl halides is 3. The maximum atomic E-state index is 13.0. The molecular formula is C22H18F3N7O. The first kappa shape index (κ1) is 22.1. The third-order valence-corrected chi connectivity index (χ3v) is 4.71. The number of amidine groups is 1. The van der Waals surface area contributed by atoms with E-state index in [1.807, 2.05) is 6.08 Å². The van der Waals surface area contributed by atoms with Gasteiger partial charge in [-0.2, -0.15) is 18.3 Å². The lowest BCUT2D eigenvalue weighted by Gasteiger charge is -2.07. The van der Waals surface area contributed by atoms with Crippen LogP contribution < -0.4 is 5.32 Å². The Bertz CT molecular complexity index is 1260. The second-order valence-electron chi connectivity index (χ2n) is 7.20. The third kappa shape index (κ3) is 5.37. The molecule has 0 fully saturated rings. The molecule has 0 radical (unpaired) electrons. The first-order valence-corrected chi connectivity index (χ1v) is 9.87. The van der Waals surface area contributed by atoms with Gasteiger partial charge in [-0.25, -0.2) is 4.99 Å². The van der Waals surface area contributed by atoms with E-state index >= 15 is 0 Å². The summed E-state index contributed by atoms with van der Waals surface area (Å²) in [6.45, 7) is 1.58. The van der Waals surface area contributed by atoms with Crippen molar-refractivity contribution in [2.24, 2.45) is 4.99 Å². The number of nitrogens with one attached hydrogen (secondary N) is 1. The number of halogens is 3. The average molecular weight is 453 g/mol. The van der Waals surface area contributed by atoms with E-state index in [1.54, 1.807) is 44.0 Å². The second kappa shape index (κ2) is 9.15. The van der Waals surface area contributed by atoms with Crippen molar-refractivity contribution in [3.8, 4) is 11.3 Å². The molecule has 1 N–H and O–H groups in total. The molecule has 0 bridgehead atoms. The van der Waals surface area contributed by atoms with Crippen LogP contribution in [0.1, 0.15) is 23.4 Å². The smallest absolute Gasteiger partial charge is 0.309 e. The van der Waals surface area contributed by atoms with E-state index in [-0.39, 0.29) is 18.0 Å². The van der Waals surface area contributed by atoms with Gasteiger partial charge in [0.1, 0.15) is 18.1 Å². The van der Waals surface area contributed by atoms with Gasteiger partial charge in [-0.05, 0) is 37.1 Å². The summed E-state index contributed by atoms with van der Waals surface area (Å²) < 4.78 is 40.3. The van der Waals surface area contributed by atoms with Crippen molar-refractivity contribution >= 4 is 17.3 Å². The highest BCUT2D eigenvalue weighted by atomic mass is 19.4. The van der Waals surface area contributed by atoms with Crippen LogP contribution in [0.5, 0.6) is 0 Å². The van der Waals surface area contributed by atoms with Crippen LogP contribution in [-0.4, -0.2) is 36.5 Å². The zero-order chi connectivity index (χ0) is 23.4. The van der Waals surface area contributed by atoms with Crippen molar-refractivity contribution in [1.29, 1.82) is 0 Å². The van der Waals surface area contributed by atoms with E-state index in [4.69, 9.17) is 0 Å². The Morgan fingerprint density at radius 3 is 2.82 bits per heavy atom. The average Bonchev–Trinajstić information content (AvgIpc) is 2.99. The number of pyridine rings is 1. The molecule has 8 nitrogen and oxygen atoms in total. The van der Waals surface area contributed by atoms with Crippen molar-refractivity contribution in [2.45, 2.75) is 26.1 Å². The van der Waals surface area contributed by atoms with Crippen LogP contribution in [-0.2, 0) is 17.5 Å². The van der Waals surface area contributed by atoms with Crippen molar-refractivity contribution < 1.29 is 18.0 Å². The van der Waals surface area contributed by atoms with Gasteiger partial charge in [0.2, 0.25) is 5.91 Å². The molecule has 1 aliphatic heterocycles. The minimum absolute atomic E-state index is 0.133. The minimum atomic E-state index is -4.55. The molecular weight excluding hydrogens is 435 g/mol. The molecule has 168 valence electrons. The Hall–Kier alpha value is -4.15. The molecule has 1 aliphatic rings. The third-order valence-electron chi connectivity index (χ3n) is 4.71. The van der Waals surface area contributed by atoms with Crippen LogP contribution in [0.3, 0.4) is 0 Å². The molecule has 0 aromatic carbocycles. The van der Waals surface area contributed by atoms with E-state index in [1.165, 1.54) is 10.7 Å². The first-order chi connectivity index (χ1) is 15.8. The van der Waals surface area contributed by atoms with Gasteiger partial charge in [-0.15, -0.1) is 0 Å². The molecule has 33 heavy (non-hydrogen) atoms. The standard InChI is InChI=1S/C22H18F3N7O/c1-14-12-32(31-21(14)15-5-6-28-18(9-15)22(23,24)25)13-20(33)30-19-4-2-3-16(10-29-19)17-11-26-7-8-27-17/h2,4-12H,3,13H2,1H3,(H,29,30,33). The maximum Gasteiger partial charge on any atom is 0.433 e. The van der Waals surface area contributed by atoms with Crippen LogP contribution in [0.2, 0.25) is 0 Å². The predicted molar refractivity (Wildman–Crippen MR) is 115 cm³/mol. The fourth-order valence-electron chi connectivity index (χ4n) is 3.20. The highest BCUT2D eigenvalue weighted by Gasteiger charge is 2.32. The summed E-state index contributed by atoms with van der Waals surface area (Å²) in [4.78, 5) is 28.4. The van der Waals surface area contributed by atoms with Crippen LogP contribution in [0.4, 0.5) is 13.2 Å². The number of nitrogens with zero attached hydrogens (tertiary/aromatic N) is 6. The SMILES string of the molecule is Cc1cn(CC(=O)NC2=NC=C(c3cnccn3)CC=C2)nc1-c1ccnc(C(F)(F)F)c1. The van der Waals surface area contributed by atoms with Gasteiger partial charge in [0.05, 0.1) is 17.6 Å². The molecule has 4 rings (SSSR count). The summed E-state index contributed by atoms with van der Waals surface area (Å²) >= 11 is 0. The highest BCUT2D eigenvalue weighted by molar-refractivity contribution is 6.05. The summed E-state index contributed by atoms with van der Waals surface area (Å²) in [5.41, 5.74) is 1.80. The molecule has 0 aliphatic carbocycles. The van der Waals surface area contributed by atoms with Crippen molar-refractivity contribution in [3.05, 3.63) is 78.4 Å². The largest absolute Gasteiger partial charge is 0.433 e. The number of aromatic nitrogens is 5. The van der Waals surface area contributed by atoms with E-state index in [2.05, 4.69) is 30.4 Å². The van der Waals surface area contributed by atoms with Crippen LogP contribution in [0.15, 0.2) is 66.5 Å². The normalized spacial score (nSPS) is 13.8. The Kier molecular flexibility index (Phi) is 6.11. The Labute approximate surface area is 186 Å². The number of allylic oxidation sites excluding steroid dienone is 2. The van der Waals surface area contributed by atoms with Crippen molar-refractivity contribution in [2.75, 3.05) is 0 Å². The van der Waals surface area contributed by atoms with E-state index in [0.717, 1.165) is 17.8 Å². The number of hydrogen-bond donors (Lipinski definition) is 1. The van der Waals surface area contributed by atoms with Crippen LogP contribution in [0.25, 0.3) is 16.8 Å². The summed E-state index contributed by atoms with van der Waals surface area (Å²) in [5.74, 6) is -0.0264. The second-order valence-corrected chi connectivity index (χ2v) is 7.20. The molecule has 0 saturated heterocycles. The molecule has 1 amide bonds. The number of hydrogen-bond acceptors (Lipinski definition) is 6. The minimum Gasteiger partial charge on any atom is -0.309 e. The number of aliphatic imine (C=N–C) groups is 1. The summed E-state index contributed by atoms with van der Waals surface area (Å²) in [6.07, 6.45) is 8.68. The molecule has 0 saturated carbocycles. The molecule has 3 aromatic heterocycles. The molecule has 0 unspecified atom stereocenters. The zero-order valence-electron chi connectivity index (χ0n) is 17.4. The lowest BCUT2D eigenvalue weighted by molar-refractivity contribution is -0.141. The van der Waals surface area contributed by atoms with Gasteiger partial charge in [-0.1, -0.05) is 6.08 Å². The van der Waals surface area contributed by atoms with Crippen molar-refractivity contribution in [1.82, 2.24) is 30.0 Å². The number of amides is 1. The Morgan fingerprint density at radius 2 is 2.06 bits per heavy atom. The quantitative estimate of drug-likeness (QED) is 0.651. The van der Waals surface area contributed by atoms with Gasteiger partial charge in [0, 0.05) is 42.1 Å². The van der Waals surface area contributed by atoms with Gasteiger partial charge < -0.3 is 5.32 Å². The predicted octanol–water partition coefficient (Wildman–Crippen LogP) is 3.58. The molecule has 0 atom stereocenters. The van der Waals surface area contributed by atoms with Crippen LogP contribution >= 0.6 is 0 Å². The molecule has 3 aromatic rings. The van der Waals surface area contributed by atoms with Crippen LogP contribution in [0, 0.1) is 6.92 Å². The Morgan fingerprint density at radius 1 is 1.21 bits per heavy atom. The molecule has 4 heterocycles.